The lowest BCUT2D eigenvalue weighted by Gasteiger charge is -2.18. The van der Waals surface area contributed by atoms with E-state index in [4.69, 9.17) is 10.00 Å². The fraction of sp³-hybridized carbons (Fsp3) is 0.167. The molecule has 6 heteroatoms. The van der Waals surface area contributed by atoms with Crippen LogP contribution in [-0.4, -0.2) is 30.4 Å². The quantitative estimate of drug-likeness (QED) is 0.740. The van der Waals surface area contributed by atoms with Crippen LogP contribution < -0.4 is 0 Å². The van der Waals surface area contributed by atoms with Crippen molar-refractivity contribution >= 4 is 27.8 Å². The van der Waals surface area contributed by atoms with Crippen LogP contribution in [0.15, 0.2) is 53.0 Å². The van der Waals surface area contributed by atoms with Gasteiger partial charge in [0, 0.05) is 18.1 Å². The van der Waals surface area contributed by atoms with E-state index in [1.54, 1.807) is 7.05 Å². The second-order valence-electron chi connectivity index (χ2n) is 5.11. The summed E-state index contributed by atoms with van der Waals surface area (Å²) in [6.45, 7) is 0.0778. The smallest absolute Gasteiger partial charge is 0.338 e. The van der Waals surface area contributed by atoms with Crippen LogP contribution in [0.3, 0.4) is 0 Å². The van der Waals surface area contributed by atoms with Gasteiger partial charge in [-0.1, -0.05) is 34.1 Å². The lowest BCUT2D eigenvalue weighted by atomic mass is 10.1. The molecule has 0 saturated heterocycles. The molecule has 0 fully saturated rings. The number of nitrogens with zero attached hydrogens (tertiary/aromatic N) is 2. The molecule has 2 aromatic rings. The van der Waals surface area contributed by atoms with Crippen molar-refractivity contribution in [3.05, 3.63) is 69.7 Å². The summed E-state index contributed by atoms with van der Waals surface area (Å²) < 4.78 is 5.94. The summed E-state index contributed by atoms with van der Waals surface area (Å²) in [6.07, 6.45) is 0. The van der Waals surface area contributed by atoms with Crippen molar-refractivity contribution in [2.24, 2.45) is 0 Å². The van der Waals surface area contributed by atoms with Gasteiger partial charge in [-0.05, 0) is 35.9 Å². The van der Waals surface area contributed by atoms with Crippen molar-refractivity contribution in [3.8, 4) is 6.07 Å². The lowest BCUT2D eigenvalue weighted by molar-refractivity contribution is -0.133. The van der Waals surface area contributed by atoms with E-state index in [9.17, 15) is 9.59 Å². The summed E-state index contributed by atoms with van der Waals surface area (Å²) in [6, 6.07) is 15.6. The fourth-order valence-electron chi connectivity index (χ4n) is 1.97. The molecule has 2 aromatic carbocycles. The molecule has 0 aromatic heterocycles. The summed E-state index contributed by atoms with van der Waals surface area (Å²) >= 11 is 3.43. The number of rotatable bonds is 5. The number of ether oxygens (including phenoxy) is 1. The summed E-state index contributed by atoms with van der Waals surface area (Å²) in [4.78, 5) is 25.5. The van der Waals surface area contributed by atoms with Crippen LogP contribution in [0, 0.1) is 11.3 Å². The van der Waals surface area contributed by atoms with Crippen LogP contribution in [0.5, 0.6) is 0 Å². The van der Waals surface area contributed by atoms with Crippen LogP contribution in [0.25, 0.3) is 0 Å². The van der Waals surface area contributed by atoms with E-state index < -0.39 is 5.97 Å². The SMILES string of the molecule is CN(Cc1ccccc1Br)C(=O)COC(=O)c1ccc(C#N)cc1. The van der Waals surface area contributed by atoms with Gasteiger partial charge in [0.1, 0.15) is 0 Å². The average Bonchev–Trinajstić information content (AvgIpc) is 2.61. The molecule has 0 heterocycles. The molecule has 0 atom stereocenters. The van der Waals surface area contributed by atoms with Crippen LogP contribution in [0.4, 0.5) is 0 Å². The van der Waals surface area contributed by atoms with Crippen molar-refractivity contribution < 1.29 is 14.3 Å². The van der Waals surface area contributed by atoms with Gasteiger partial charge < -0.3 is 9.64 Å². The Balaban J connectivity index is 1.88. The van der Waals surface area contributed by atoms with E-state index in [1.807, 2.05) is 30.3 Å². The van der Waals surface area contributed by atoms with Crippen LogP contribution in [-0.2, 0) is 16.1 Å². The number of carbonyl (C=O) groups is 2. The standard InChI is InChI=1S/C18H15BrN2O3/c1-21(11-15-4-2-3-5-16(15)19)17(22)12-24-18(23)14-8-6-13(10-20)7-9-14/h2-9H,11-12H2,1H3. The normalized spacial score (nSPS) is 9.88. The second-order valence-corrected chi connectivity index (χ2v) is 5.96. The first-order chi connectivity index (χ1) is 11.5. The van der Waals surface area contributed by atoms with Gasteiger partial charge in [0.05, 0.1) is 17.2 Å². The summed E-state index contributed by atoms with van der Waals surface area (Å²) in [5.74, 6) is -0.894. The maximum absolute atomic E-state index is 12.1. The number of nitriles is 1. The molecule has 122 valence electrons. The number of likely N-dealkylation sites (N-methyl/N-ethyl adjacent to an activating group) is 1. The predicted octanol–water partition coefficient (Wildman–Crippen LogP) is 3.14. The number of hydrogen-bond acceptors (Lipinski definition) is 4. The Morgan fingerprint density at radius 2 is 1.83 bits per heavy atom. The highest BCUT2D eigenvalue weighted by atomic mass is 79.9. The maximum Gasteiger partial charge on any atom is 0.338 e. The van der Waals surface area contributed by atoms with E-state index in [2.05, 4.69) is 15.9 Å². The van der Waals surface area contributed by atoms with E-state index in [-0.39, 0.29) is 12.5 Å². The largest absolute Gasteiger partial charge is 0.452 e. The van der Waals surface area contributed by atoms with Gasteiger partial charge in [0.15, 0.2) is 6.61 Å². The van der Waals surface area contributed by atoms with Gasteiger partial charge in [0.25, 0.3) is 5.91 Å². The number of halogens is 1. The molecule has 0 radical (unpaired) electrons. The molecular formula is C18H15BrN2O3. The van der Waals surface area contributed by atoms with Crippen molar-refractivity contribution in [1.82, 2.24) is 4.90 Å². The van der Waals surface area contributed by atoms with Gasteiger partial charge in [-0.3, -0.25) is 4.79 Å². The van der Waals surface area contributed by atoms with Crippen molar-refractivity contribution in [2.75, 3.05) is 13.7 Å². The molecule has 0 aliphatic carbocycles. The van der Waals surface area contributed by atoms with Crippen LogP contribution in [0.1, 0.15) is 21.5 Å². The maximum atomic E-state index is 12.1. The van der Waals surface area contributed by atoms with Crippen molar-refractivity contribution in [2.45, 2.75) is 6.54 Å². The molecule has 0 spiro atoms. The first-order valence-corrected chi connectivity index (χ1v) is 7.95. The average molecular weight is 387 g/mol. The first-order valence-electron chi connectivity index (χ1n) is 7.16. The Morgan fingerprint density at radius 1 is 1.17 bits per heavy atom. The lowest BCUT2D eigenvalue weighted by Crippen LogP contribution is -2.30. The number of esters is 1. The van der Waals surface area contributed by atoms with Crippen LogP contribution in [0.2, 0.25) is 0 Å². The number of amides is 1. The summed E-state index contributed by atoms with van der Waals surface area (Å²) in [7, 11) is 1.65. The molecule has 2 rings (SSSR count). The Labute approximate surface area is 148 Å². The second kappa shape index (κ2) is 8.27. The van der Waals surface area contributed by atoms with Gasteiger partial charge in [-0.25, -0.2) is 4.79 Å². The molecule has 1 amide bonds. The molecule has 5 nitrogen and oxygen atoms in total. The van der Waals surface area contributed by atoms with Gasteiger partial charge in [-0.15, -0.1) is 0 Å². The van der Waals surface area contributed by atoms with Crippen LogP contribution >= 0.6 is 15.9 Å². The van der Waals surface area contributed by atoms with E-state index in [0.29, 0.717) is 17.7 Å². The Bertz CT molecular complexity index is 782. The minimum atomic E-state index is -0.595. The molecular weight excluding hydrogens is 372 g/mol. The van der Waals surface area contributed by atoms with E-state index in [1.165, 1.54) is 29.2 Å². The summed E-state index contributed by atoms with van der Waals surface area (Å²) in [5, 5.41) is 8.73. The van der Waals surface area contributed by atoms with Crippen molar-refractivity contribution in [1.29, 1.82) is 5.26 Å². The zero-order valence-electron chi connectivity index (χ0n) is 13.0. The molecule has 0 bridgehead atoms. The minimum Gasteiger partial charge on any atom is -0.452 e. The van der Waals surface area contributed by atoms with E-state index >= 15 is 0 Å². The number of carbonyl (C=O) groups excluding carboxylic acids is 2. The third kappa shape index (κ3) is 4.67. The summed E-state index contributed by atoms with van der Waals surface area (Å²) in [5.41, 5.74) is 1.72. The fourth-order valence-corrected chi connectivity index (χ4v) is 2.38. The molecule has 24 heavy (non-hydrogen) atoms. The highest BCUT2D eigenvalue weighted by Crippen LogP contribution is 2.17. The van der Waals surface area contributed by atoms with Gasteiger partial charge in [-0.2, -0.15) is 5.26 Å². The highest BCUT2D eigenvalue weighted by molar-refractivity contribution is 9.10. The third-order valence-electron chi connectivity index (χ3n) is 3.37. The molecule has 0 saturated carbocycles. The third-order valence-corrected chi connectivity index (χ3v) is 4.14. The topological polar surface area (TPSA) is 70.4 Å². The molecule has 0 aliphatic rings. The zero-order valence-corrected chi connectivity index (χ0v) is 14.6. The Kier molecular flexibility index (Phi) is 6.10. The Hall–Kier alpha value is -2.65. The monoisotopic (exact) mass is 386 g/mol. The van der Waals surface area contributed by atoms with Gasteiger partial charge >= 0.3 is 5.97 Å². The number of hydrogen-bond donors (Lipinski definition) is 0. The number of benzene rings is 2. The molecule has 0 unspecified atom stereocenters. The van der Waals surface area contributed by atoms with E-state index in [0.717, 1.165) is 10.0 Å². The minimum absolute atomic E-state index is 0.298. The zero-order chi connectivity index (χ0) is 17.5. The first kappa shape index (κ1) is 17.7. The Morgan fingerprint density at radius 3 is 2.46 bits per heavy atom. The van der Waals surface area contributed by atoms with Gasteiger partial charge in [0.2, 0.25) is 0 Å². The van der Waals surface area contributed by atoms with Crippen molar-refractivity contribution in [3.63, 3.8) is 0 Å². The predicted molar refractivity (Wildman–Crippen MR) is 92.1 cm³/mol. The highest BCUT2D eigenvalue weighted by Gasteiger charge is 2.14. The molecule has 0 aliphatic heterocycles. The molecule has 0 N–H and O–H groups in total.